The van der Waals surface area contributed by atoms with Gasteiger partial charge in [0.25, 0.3) is 0 Å². The van der Waals surface area contributed by atoms with Gasteiger partial charge in [-0.2, -0.15) is 5.26 Å². The lowest BCUT2D eigenvalue weighted by molar-refractivity contribution is 0.225. The number of aliphatic imine (C=N–C) groups is 1. The summed E-state index contributed by atoms with van der Waals surface area (Å²) in [6.45, 7) is 1.89. The molecule has 1 aromatic rings. The summed E-state index contributed by atoms with van der Waals surface area (Å²) in [4.78, 5) is 4.66. The number of halogens is 1. The molecule has 0 radical (unpaired) electrons. The summed E-state index contributed by atoms with van der Waals surface area (Å²) in [5, 5.41) is 19.2. The fraction of sp³-hybridized carbons (Fsp3) is 0.263. The molecule has 2 unspecified atom stereocenters. The predicted molar refractivity (Wildman–Crippen MR) is 94.9 cm³/mol. The van der Waals surface area contributed by atoms with Crippen molar-refractivity contribution in [1.29, 1.82) is 5.26 Å². The van der Waals surface area contributed by atoms with E-state index in [0.717, 1.165) is 32.6 Å². The smallest absolute Gasteiger partial charge is 0.0972 e. The minimum absolute atomic E-state index is 0.00947. The van der Waals surface area contributed by atoms with Gasteiger partial charge < -0.3 is 5.11 Å². The second-order valence-electron chi connectivity index (χ2n) is 5.80. The number of benzene rings is 1. The molecule has 0 saturated heterocycles. The SMILES string of the molecule is CC1=C(C#N)C(C2=CCC(O)C=C2)CC(c2cccc(Br)c2)=N1. The van der Waals surface area contributed by atoms with E-state index >= 15 is 0 Å². The first kappa shape index (κ1) is 15.9. The van der Waals surface area contributed by atoms with Crippen molar-refractivity contribution in [2.24, 2.45) is 10.9 Å². The summed E-state index contributed by atoms with van der Waals surface area (Å²) in [7, 11) is 0. The predicted octanol–water partition coefficient (Wildman–Crippen LogP) is 4.30. The highest BCUT2D eigenvalue weighted by atomic mass is 79.9. The summed E-state index contributed by atoms with van der Waals surface area (Å²) in [5.74, 6) is 0.00947. The van der Waals surface area contributed by atoms with Crippen LogP contribution < -0.4 is 0 Å². The first-order valence-electron chi connectivity index (χ1n) is 7.59. The lowest BCUT2D eigenvalue weighted by Crippen LogP contribution is -2.20. The van der Waals surface area contributed by atoms with E-state index in [9.17, 15) is 10.4 Å². The molecular weight excluding hydrogens is 352 g/mol. The Morgan fingerprint density at radius 2 is 2.22 bits per heavy atom. The molecule has 0 spiro atoms. The van der Waals surface area contributed by atoms with E-state index in [0.29, 0.717) is 12.8 Å². The van der Waals surface area contributed by atoms with Crippen molar-refractivity contribution in [1.82, 2.24) is 0 Å². The topological polar surface area (TPSA) is 56.4 Å². The van der Waals surface area contributed by atoms with E-state index in [1.54, 1.807) is 6.08 Å². The standard InChI is InChI=1S/C19H17BrN2O/c1-12-18(11-21)17(13-5-7-16(23)8-6-13)10-19(22-12)14-3-2-4-15(20)9-14/h2-7,9,16-17,23H,8,10H2,1H3. The van der Waals surface area contributed by atoms with Gasteiger partial charge in [-0.05, 0) is 36.6 Å². The number of hydrogen-bond donors (Lipinski definition) is 1. The third kappa shape index (κ3) is 3.36. The third-order valence-corrected chi connectivity index (χ3v) is 4.72. The Balaban J connectivity index is 1.99. The quantitative estimate of drug-likeness (QED) is 0.845. The van der Waals surface area contributed by atoms with Gasteiger partial charge in [0.05, 0.1) is 23.4 Å². The average Bonchev–Trinajstić information content (AvgIpc) is 2.55. The highest BCUT2D eigenvalue weighted by Gasteiger charge is 2.27. The van der Waals surface area contributed by atoms with Gasteiger partial charge in [0.1, 0.15) is 0 Å². The fourth-order valence-electron chi connectivity index (χ4n) is 3.03. The first-order chi connectivity index (χ1) is 11.1. The second-order valence-corrected chi connectivity index (χ2v) is 6.72. The van der Waals surface area contributed by atoms with Crippen molar-refractivity contribution >= 4 is 21.6 Å². The van der Waals surface area contributed by atoms with E-state index in [2.05, 4.69) is 33.1 Å². The number of nitrogens with zero attached hydrogens (tertiary/aromatic N) is 2. The van der Waals surface area contributed by atoms with Crippen LogP contribution in [0.25, 0.3) is 0 Å². The molecule has 2 aliphatic rings. The van der Waals surface area contributed by atoms with Gasteiger partial charge in [0, 0.05) is 22.5 Å². The van der Waals surface area contributed by atoms with Crippen LogP contribution in [-0.2, 0) is 0 Å². The zero-order chi connectivity index (χ0) is 16.4. The van der Waals surface area contributed by atoms with Crippen LogP contribution in [0, 0.1) is 17.2 Å². The highest BCUT2D eigenvalue weighted by Crippen LogP contribution is 2.35. The summed E-state index contributed by atoms with van der Waals surface area (Å²) in [6, 6.07) is 10.4. The van der Waals surface area contributed by atoms with Crippen LogP contribution in [0.3, 0.4) is 0 Å². The summed E-state index contributed by atoms with van der Waals surface area (Å²) in [6.07, 6.45) is 6.64. The molecule has 1 heterocycles. The zero-order valence-corrected chi connectivity index (χ0v) is 14.4. The van der Waals surface area contributed by atoms with E-state index in [-0.39, 0.29) is 5.92 Å². The van der Waals surface area contributed by atoms with Crippen LogP contribution >= 0.6 is 15.9 Å². The number of hydrogen-bond acceptors (Lipinski definition) is 3. The Labute approximate surface area is 144 Å². The van der Waals surface area contributed by atoms with Crippen molar-refractivity contribution < 1.29 is 5.11 Å². The van der Waals surface area contributed by atoms with Gasteiger partial charge in [-0.15, -0.1) is 0 Å². The van der Waals surface area contributed by atoms with Crippen LogP contribution in [0.15, 0.2) is 68.8 Å². The molecule has 0 aromatic heterocycles. The number of aliphatic hydroxyl groups is 1. The van der Waals surface area contributed by atoms with Crippen LogP contribution in [0.2, 0.25) is 0 Å². The normalized spacial score (nSPS) is 24.1. The monoisotopic (exact) mass is 368 g/mol. The Bertz CT molecular complexity index is 796. The number of nitriles is 1. The van der Waals surface area contributed by atoms with Crippen LogP contribution in [0.1, 0.15) is 25.3 Å². The first-order valence-corrected chi connectivity index (χ1v) is 8.38. The maximum absolute atomic E-state index is 9.62. The minimum atomic E-state index is -0.420. The lowest BCUT2D eigenvalue weighted by atomic mass is 9.80. The molecule has 1 aliphatic carbocycles. The van der Waals surface area contributed by atoms with Gasteiger partial charge in [0.2, 0.25) is 0 Å². The molecule has 1 aliphatic heterocycles. The van der Waals surface area contributed by atoms with E-state index in [4.69, 9.17) is 0 Å². The molecule has 1 N–H and O–H groups in total. The van der Waals surface area contributed by atoms with Crippen molar-refractivity contribution in [2.45, 2.75) is 25.9 Å². The molecular formula is C19H17BrN2O. The van der Waals surface area contributed by atoms with Gasteiger partial charge in [0.15, 0.2) is 0 Å². The Morgan fingerprint density at radius 3 is 2.87 bits per heavy atom. The lowest BCUT2D eigenvalue weighted by Gasteiger charge is -2.26. The van der Waals surface area contributed by atoms with Gasteiger partial charge in [-0.3, -0.25) is 4.99 Å². The average molecular weight is 369 g/mol. The van der Waals surface area contributed by atoms with E-state index in [1.165, 1.54) is 0 Å². The van der Waals surface area contributed by atoms with E-state index < -0.39 is 6.10 Å². The largest absolute Gasteiger partial charge is 0.389 e. The summed E-state index contributed by atoms with van der Waals surface area (Å²) < 4.78 is 1.02. The Morgan fingerprint density at radius 1 is 1.39 bits per heavy atom. The Kier molecular flexibility index (Phi) is 4.61. The molecule has 3 rings (SSSR count). The molecule has 2 atom stereocenters. The second kappa shape index (κ2) is 6.66. The van der Waals surface area contributed by atoms with Crippen molar-refractivity contribution in [3.63, 3.8) is 0 Å². The number of rotatable bonds is 2. The zero-order valence-electron chi connectivity index (χ0n) is 12.8. The molecule has 4 heteroatoms. The molecule has 0 bridgehead atoms. The molecule has 3 nitrogen and oxygen atoms in total. The fourth-order valence-corrected chi connectivity index (χ4v) is 3.43. The van der Waals surface area contributed by atoms with Crippen LogP contribution in [0.5, 0.6) is 0 Å². The molecule has 1 aromatic carbocycles. The number of allylic oxidation sites excluding steroid dienone is 4. The third-order valence-electron chi connectivity index (χ3n) is 4.22. The summed E-state index contributed by atoms with van der Waals surface area (Å²) in [5.41, 5.74) is 4.65. The molecule has 0 fully saturated rings. The summed E-state index contributed by atoms with van der Waals surface area (Å²) >= 11 is 3.50. The minimum Gasteiger partial charge on any atom is -0.389 e. The molecule has 0 amide bonds. The molecule has 0 saturated carbocycles. The highest BCUT2D eigenvalue weighted by molar-refractivity contribution is 9.10. The van der Waals surface area contributed by atoms with Crippen molar-refractivity contribution in [3.05, 3.63) is 69.4 Å². The van der Waals surface area contributed by atoms with Crippen molar-refractivity contribution in [2.75, 3.05) is 0 Å². The van der Waals surface area contributed by atoms with Crippen LogP contribution in [-0.4, -0.2) is 16.9 Å². The van der Waals surface area contributed by atoms with Crippen LogP contribution in [0.4, 0.5) is 0 Å². The number of aliphatic hydroxyl groups excluding tert-OH is 1. The molecule has 23 heavy (non-hydrogen) atoms. The van der Waals surface area contributed by atoms with Crippen molar-refractivity contribution in [3.8, 4) is 6.07 Å². The Hall–Kier alpha value is -1.96. The van der Waals surface area contributed by atoms with E-state index in [1.807, 2.05) is 37.3 Å². The molecule has 116 valence electrons. The maximum atomic E-state index is 9.62. The van der Waals surface area contributed by atoms with Gasteiger partial charge in [-0.1, -0.05) is 46.3 Å². The van der Waals surface area contributed by atoms with Gasteiger partial charge >= 0.3 is 0 Å². The maximum Gasteiger partial charge on any atom is 0.0972 e. The van der Waals surface area contributed by atoms with Gasteiger partial charge in [-0.25, -0.2) is 0 Å².